The van der Waals surface area contributed by atoms with E-state index in [4.69, 9.17) is 0 Å². The summed E-state index contributed by atoms with van der Waals surface area (Å²) in [6.07, 6.45) is 4.48. The molecule has 0 fully saturated rings. The molecule has 0 aromatic carbocycles. The van der Waals surface area contributed by atoms with Crippen LogP contribution in [0.3, 0.4) is 0 Å². The van der Waals surface area contributed by atoms with Gasteiger partial charge in [-0.15, -0.1) is 0 Å². The highest BCUT2D eigenvalue weighted by Crippen LogP contribution is 2.07. The third kappa shape index (κ3) is 2.77. The Labute approximate surface area is 80.7 Å². The highest BCUT2D eigenvalue weighted by atomic mass is 79.9. The molecule has 0 aliphatic rings. The number of hydrogen-bond donors (Lipinski definition) is 1. The van der Waals surface area contributed by atoms with E-state index in [0.717, 1.165) is 16.8 Å². The van der Waals surface area contributed by atoms with Crippen molar-refractivity contribution in [3.05, 3.63) is 17.0 Å². The zero-order chi connectivity index (χ0) is 8.97. The van der Waals surface area contributed by atoms with Crippen molar-refractivity contribution in [1.82, 2.24) is 9.97 Å². The molecule has 0 saturated carbocycles. The first kappa shape index (κ1) is 9.45. The summed E-state index contributed by atoms with van der Waals surface area (Å²) in [5.74, 6) is 0.826. The van der Waals surface area contributed by atoms with E-state index >= 15 is 0 Å². The zero-order valence-corrected chi connectivity index (χ0v) is 8.80. The molecule has 0 spiro atoms. The largest absolute Gasteiger partial charge is 0.366 e. The number of hydrogen-bond acceptors (Lipinski definition) is 3. The minimum atomic E-state index is 0.445. The minimum Gasteiger partial charge on any atom is -0.366 e. The average molecular weight is 230 g/mol. The van der Waals surface area contributed by atoms with Crippen molar-refractivity contribution < 1.29 is 0 Å². The molecule has 0 aliphatic carbocycles. The molecule has 0 aliphatic heterocycles. The fourth-order valence-corrected chi connectivity index (χ4v) is 0.946. The predicted molar refractivity (Wildman–Crippen MR) is 53.1 cm³/mol. The SMILES string of the molecule is CCC(C)Nc1cnc(Br)cn1. The maximum absolute atomic E-state index is 4.15. The van der Waals surface area contributed by atoms with Crippen molar-refractivity contribution in [2.45, 2.75) is 26.3 Å². The van der Waals surface area contributed by atoms with Crippen molar-refractivity contribution in [2.75, 3.05) is 5.32 Å². The number of aromatic nitrogens is 2. The molecule has 1 unspecified atom stereocenters. The first-order valence-electron chi connectivity index (χ1n) is 3.96. The summed E-state index contributed by atoms with van der Waals surface area (Å²) in [6.45, 7) is 4.24. The van der Waals surface area contributed by atoms with Crippen LogP contribution in [-0.4, -0.2) is 16.0 Å². The third-order valence-corrected chi connectivity index (χ3v) is 2.04. The van der Waals surface area contributed by atoms with E-state index < -0.39 is 0 Å². The topological polar surface area (TPSA) is 37.8 Å². The van der Waals surface area contributed by atoms with Gasteiger partial charge in [0.15, 0.2) is 0 Å². The molecule has 66 valence electrons. The molecule has 1 heterocycles. The van der Waals surface area contributed by atoms with E-state index in [0.29, 0.717) is 6.04 Å². The van der Waals surface area contributed by atoms with Crippen molar-refractivity contribution in [1.29, 1.82) is 0 Å². The number of nitrogens with zero attached hydrogens (tertiary/aromatic N) is 2. The molecule has 1 rings (SSSR count). The third-order valence-electron chi connectivity index (χ3n) is 1.63. The molecular weight excluding hydrogens is 218 g/mol. The van der Waals surface area contributed by atoms with E-state index in [1.54, 1.807) is 12.4 Å². The predicted octanol–water partition coefficient (Wildman–Crippen LogP) is 2.45. The Hall–Kier alpha value is -0.640. The summed E-state index contributed by atoms with van der Waals surface area (Å²) < 4.78 is 0.761. The number of nitrogens with one attached hydrogen (secondary N) is 1. The summed E-state index contributed by atoms with van der Waals surface area (Å²) in [6, 6.07) is 0.445. The lowest BCUT2D eigenvalue weighted by atomic mass is 10.3. The number of halogens is 1. The fourth-order valence-electron chi connectivity index (χ4n) is 0.741. The zero-order valence-electron chi connectivity index (χ0n) is 7.21. The highest BCUT2D eigenvalue weighted by Gasteiger charge is 1.99. The summed E-state index contributed by atoms with van der Waals surface area (Å²) >= 11 is 3.23. The minimum absolute atomic E-state index is 0.445. The van der Waals surface area contributed by atoms with Crippen LogP contribution in [0.5, 0.6) is 0 Å². The van der Waals surface area contributed by atoms with Gasteiger partial charge in [0.25, 0.3) is 0 Å². The van der Waals surface area contributed by atoms with Crippen LogP contribution in [0.15, 0.2) is 17.0 Å². The van der Waals surface area contributed by atoms with Gasteiger partial charge in [-0.05, 0) is 29.3 Å². The molecule has 1 atom stereocenters. The average Bonchev–Trinajstić information content (AvgIpc) is 2.09. The van der Waals surface area contributed by atoms with E-state index in [1.165, 1.54) is 0 Å². The Morgan fingerprint density at radius 3 is 2.75 bits per heavy atom. The summed E-state index contributed by atoms with van der Waals surface area (Å²) in [5, 5.41) is 3.22. The molecule has 1 aromatic rings. The van der Waals surface area contributed by atoms with Gasteiger partial charge in [0.2, 0.25) is 0 Å². The van der Waals surface area contributed by atoms with Crippen LogP contribution in [-0.2, 0) is 0 Å². The maximum atomic E-state index is 4.15. The van der Waals surface area contributed by atoms with Gasteiger partial charge in [0, 0.05) is 6.04 Å². The lowest BCUT2D eigenvalue weighted by Crippen LogP contribution is -2.14. The Kier molecular flexibility index (Phi) is 3.47. The van der Waals surface area contributed by atoms with E-state index in [2.05, 4.69) is 45.1 Å². The summed E-state index contributed by atoms with van der Waals surface area (Å²) in [4.78, 5) is 8.20. The van der Waals surface area contributed by atoms with Crippen LogP contribution in [0.25, 0.3) is 0 Å². The second-order valence-electron chi connectivity index (χ2n) is 2.68. The molecule has 0 saturated heterocycles. The van der Waals surface area contributed by atoms with Crippen molar-refractivity contribution in [3.63, 3.8) is 0 Å². The van der Waals surface area contributed by atoms with Gasteiger partial charge in [-0.2, -0.15) is 0 Å². The normalized spacial score (nSPS) is 12.6. The fraction of sp³-hybridized carbons (Fsp3) is 0.500. The highest BCUT2D eigenvalue weighted by molar-refractivity contribution is 9.10. The van der Waals surface area contributed by atoms with Gasteiger partial charge in [-0.25, -0.2) is 9.97 Å². The standard InChI is InChI=1S/C8H12BrN3/c1-3-6(2)12-8-5-10-7(9)4-11-8/h4-6H,3H2,1-2H3,(H,11,12). The smallest absolute Gasteiger partial charge is 0.144 e. The Morgan fingerprint density at radius 1 is 1.50 bits per heavy atom. The van der Waals surface area contributed by atoms with Crippen LogP contribution in [0.2, 0.25) is 0 Å². The van der Waals surface area contributed by atoms with Crippen molar-refractivity contribution in [3.8, 4) is 0 Å². The monoisotopic (exact) mass is 229 g/mol. The molecule has 1 aromatic heterocycles. The number of rotatable bonds is 3. The van der Waals surface area contributed by atoms with Gasteiger partial charge < -0.3 is 5.32 Å². The van der Waals surface area contributed by atoms with Crippen molar-refractivity contribution >= 4 is 21.7 Å². The number of anilines is 1. The van der Waals surface area contributed by atoms with Gasteiger partial charge in [0.1, 0.15) is 10.4 Å². The van der Waals surface area contributed by atoms with E-state index in [1.807, 2.05) is 0 Å². The van der Waals surface area contributed by atoms with Crippen LogP contribution < -0.4 is 5.32 Å². The Morgan fingerprint density at radius 2 is 2.25 bits per heavy atom. The van der Waals surface area contributed by atoms with E-state index in [-0.39, 0.29) is 0 Å². The van der Waals surface area contributed by atoms with Crippen LogP contribution in [0, 0.1) is 0 Å². The molecule has 0 amide bonds. The molecule has 12 heavy (non-hydrogen) atoms. The quantitative estimate of drug-likeness (QED) is 0.866. The molecule has 0 bridgehead atoms. The summed E-state index contributed by atoms with van der Waals surface area (Å²) in [7, 11) is 0. The Bertz CT molecular complexity index is 235. The van der Waals surface area contributed by atoms with Crippen LogP contribution in [0.1, 0.15) is 20.3 Å². The van der Waals surface area contributed by atoms with Gasteiger partial charge in [-0.3, -0.25) is 0 Å². The summed E-state index contributed by atoms with van der Waals surface area (Å²) in [5.41, 5.74) is 0. The van der Waals surface area contributed by atoms with Gasteiger partial charge in [0.05, 0.1) is 12.4 Å². The first-order valence-corrected chi connectivity index (χ1v) is 4.75. The van der Waals surface area contributed by atoms with Gasteiger partial charge in [-0.1, -0.05) is 6.92 Å². The van der Waals surface area contributed by atoms with Crippen LogP contribution >= 0.6 is 15.9 Å². The molecule has 3 nitrogen and oxygen atoms in total. The molecule has 0 radical (unpaired) electrons. The lowest BCUT2D eigenvalue weighted by molar-refractivity contribution is 0.757. The molecular formula is C8H12BrN3. The first-order chi connectivity index (χ1) is 5.72. The molecule has 1 N–H and O–H groups in total. The Balaban J connectivity index is 2.58. The van der Waals surface area contributed by atoms with E-state index in [9.17, 15) is 0 Å². The maximum Gasteiger partial charge on any atom is 0.144 e. The lowest BCUT2D eigenvalue weighted by Gasteiger charge is -2.10. The second kappa shape index (κ2) is 4.40. The van der Waals surface area contributed by atoms with Gasteiger partial charge >= 0.3 is 0 Å². The van der Waals surface area contributed by atoms with Crippen molar-refractivity contribution in [2.24, 2.45) is 0 Å². The molecule has 4 heteroatoms. The second-order valence-corrected chi connectivity index (χ2v) is 3.49. The van der Waals surface area contributed by atoms with Crippen LogP contribution in [0.4, 0.5) is 5.82 Å².